The van der Waals surface area contributed by atoms with Gasteiger partial charge in [-0.05, 0) is 24.5 Å². The third-order valence-corrected chi connectivity index (χ3v) is 5.73. The molecule has 0 saturated heterocycles. The summed E-state index contributed by atoms with van der Waals surface area (Å²) < 4.78 is 30.3. The first kappa shape index (κ1) is 21.8. The van der Waals surface area contributed by atoms with E-state index in [1.165, 1.54) is 0 Å². The molecule has 0 bridgehead atoms. The normalized spacial score (nSPS) is 17.9. The first-order valence-electron chi connectivity index (χ1n) is 8.92. The summed E-state index contributed by atoms with van der Waals surface area (Å²) in [6, 6.07) is 5.37. The molecule has 0 spiro atoms. The van der Waals surface area contributed by atoms with Crippen molar-refractivity contribution in [2.24, 2.45) is 0 Å². The first-order chi connectivity index (χ1) is 13.1. The Balaban J connectivity index is 2.00. The summed E-state index contributed by atoms with van der Waals surface area (Å²) in [7, 11) is -3.67. The SMILES string of the molecule is CC[C@@H](C)NC(=O)NC(=O)COC(=O)[C@@H]1Cc2ccccc2CN1S(C)(=O)=O. The standard InChI is InChI=1S/C18H25N3O6S/c1-4-12(2)19-18(24)20-16(22)11-27-17(23)15-9-13-7-5-6-8-14(13)10-21(15)28(3,25)26/h5-8,12,15H,4,9-11H2,1-3H3,(H2,19,20,22,24)/t12-,15+/m1/s1. The van der Waals surface area contributed by atoms with Gasteiger partial charge < -0.3 is 10.1 Å². The van der Waals surface area contributed by atoms with Gasteiger partial charge in [0.2, 0.25) is 10.0 Å². The molecule has 1 aliphatic rings. The number of hydrogen-bond acceptors (Lipinski definition) is 6. The van der Waals surface area contributed by atoms with Crippen LogP contribution < -0.4 is 10.6 Å². The minimum absolute atomic E-state index is 0.0539. The number of nitrogens with one attached hydrogen (secondary N) is 2. The Hall–Kier alpha value is -2.46. The van der Waals surface area contributed by atoms with Crippen molar-refractivity contribution >= 4 is 27.9 Å². The number of carbonyl (C=O) groups excluding carboxylic acids is 3. The molecule has 1 aromatic carbocycles. The predicted molar refractivity (Wildman–Crippen MR) is 102 cm³/mol. The van der Waals surface area contributed by atoms with Crippen molar-refractivity contribution in [3.8, 4) is 0 Å². The van der Waals surface area contributed by atoms with Gasteiger partial charge in [0.1, 0.15) is 6.04 Å². The molecule has 0 aromatic heterocycles. The van der Waals surface area contributed by atoms with E-state index >= 15 is 0 Å². The number of sulfonamides is 1. The Morgan fingerprint density at radius 2 is 1.89 bits per heavy atom. The van der Waals surface area contributed by atoms with E-state index < -0.39 is 40.6 Å². The van der Waals surface area contributed by atoms with Crippen LogP contribution in [-0.4, -0.2) is 55.6 Å². The number of ether oxygens (including phenoxy) is 1. The molecule has 3 amide bonds. The molecule has 0 aliphatic carbocycles. The van der Waals surface area contributed by atoms with E-state index in [9.17, 15) is 22.8 Å². The topological polar surface area (TPSA) is 122 Å². The van der Waals surface area contributed by atoms with E-state index in [0.29, 0.717) is 6.42 Å². The molecule has 10 heteroatoms. The number of rotatable bonds is 6. The lowest BCUT2D eigenvalue weighted by Gasteiger charge is -2.33. The van der Waals surface area contributed by atoms with E-state index in [1.54, 1.807) is 25.1 Å². The largest absolute Gasteiger partial charge is 0.454 e. The van der Waals surface area contributed by atoms with Gasteiger partial charge in [0.05, 0.1) is 6.26 Å². The number of esters is 1. The zero-order valence-electron chi connectivity index (χ0n) is 16.1. The molecule has 154 valence electrons. The number of benzene rings is 1. The van der Waals surface area contributed by atoms with Gasteiger partial charge >= 0.3 is 12.0 Å². The second-order valence-electron chi connectivity index (χ2n) is 6.74. The number of hydrogen-bond donors (Lipinski definition) is 2. The highest BCUT2D eigenvalue weighted by Crippen LogP contribution is 2.26. The lowest BCUT2D eigenvalue weighted by Crippen LogP contribution is -2.50. The maximum atomic E-state index is 12.5. The molecule has 1 heterocycles. The molecule has 0 saturated carbocycles. The molecular weight excluding hydrogens is 386 g/mol. The third kappa shape index (κ3) is 5.77. The van der Waals surface area contributed by atoms with Crippen molar-refractivity contribution in [3.63, 3.8) is 0 Å². The number of urea groups is 1. The summed E-state index contributed by atoms with van der Waals surface area (Å²) >= 11 is 0. The van der Waals surface area contributed by atoms with Crippen molar-refractivity contribution in [3.05, 3.63) is 35.4 Å². The summed E-state index contributed by atoms with van der Waals surface area (Å²) in [4.78, 5) is 35.9. The number of imide groups is 1. The molecule has 28 heavy (non-hydrogen) atoms. The number of nitrogens with zero attached hydrogens (tertiary/aromatic N) is 1. The smallest absolute Gasteiger partial charge is 0.325 e. The van der Waals surface area contributed by atoms with E-state index in [2.05, 4.69) is 10.6 Å². The second kappa shape index (κ2) is 9.16. The monoisotopic (exact) mass is 411 g/mol. The fraction of sp³-hybridized carbons (Fsp3) is 0.500. The van der Waals surface area contributed by atoms with Crippen LogP contribution in [0, 0.1) is 0 Å². The highest BCUT2D eigenvalue weighted by atomic mass is 32.2. The minimum atomic E-state index is -3.67. The molecule has 2 N–H and O–H groups in total. The average molecular weight is 411 g/mol. The second-order valence-corrected chi connectivity index (χ2v) is 8.67. The van der Waals surface area contributed by atoms with Crippen LogP contribution in [0.2, 0.25) is 0 Å². The Labute approximate surface area is 164 Å². The van der Waals surface area contributed by atoms with E-state index in [-0.39, 0.29) is 19.0 Å². The van der Waals surface area contributed by atoms with Crippen LogP contribution in [0.5, 0.6) is 0 Å². The predicted octanol–water partition coefficient (Wildman–Crippen LogP) is 0.540. The summed E-state index contributed by atoms with van der Waals surface area (Å²) in [5.41, 5.74) is 1.66. The third-order valence-electron chi connectivity index (χ3n) is 4.49. The molecule has 0 unspecified atom stereocenters. The summed E-state index contributed by atoms with van der Waals surface area (Å²) in [6.07, 6.45) is 1.87. The fourth-order valence-corrected chi connectivity index (χ4v) is 3.80. The Morgan fingerprint density at radius 3 is 2.50 bits per heavy atom. The van der Waals surface area contributed by atoms with Gasteiger partial charge in [0, 0.05) is 19.0 Å². The van der Waals surface area contributed by atoms with Gasteiger partial charge in [-0.2, -0.15) is 4.31 Å². The molecular formula is C18H25N3O6S. The lowest BCUT2D eigenvalue weighted by molar-refractivity contribution is -0.152. The van der Waals surface area contributed by atoms with Crippen LogP contribution in [0.1, 0.15) is 31.4 Å². The van der Waals surface area contributed by atoms with Crippen LogP contribution in [0.4, 0.5) is 4.79 Å². The highest BCUT2D eigenvalue weighted by molar-refractivity contribution is 7.88. The average Bonchev–Trinajstić information content (AvgIpc) is 2.64. The number of carbonyl (C=O) groups is 3. The van der Waals surface area contributed by atoms with Crippen LogP contribution in [0.3, 0.4) is 0 Å². The van der Waals surface area contributed by atoms with Crippen LogP contribution in [0.15, 0.2) is 24.3 Å². The molecule has 1 aromatic rings. The van der Waals surface area contributed by atoms with Gasteiger partial charge in [-0.15, -0.1) is 0 Å². The minimum Gasteiger partial charge on any atom is -0.454 e. The molecule has 1 aliphatic heterocycles. The van der Waals surface area contributed by atoms with Crippen molar-refractivity contribution in [2.75, 3.05) is 12.9 Å². The highest BCUT2D eigenvalue weighted by Gasteiger charge is 2.38. The van der Waals surface area contributed by atoms with Crippen molar-refractivity contribution in [1.82, 2.24) is 14.9 Å². The molecule has 0 fully saturated rings. The molecule has 9 nitrogen and oxygen atoms in total. The van der Waals surface area contributed by atoms with Gasteiger partial charge in [-0.3, -0.25) is 14.9 Å². The van der Waals surface area contributed by atoms with Crippen LogP contribution in [-0.2, 0) is 37.3 Å². The van der Waals surface area contributed by atoms with Crippen LogP contribution in [0.25, 0.3) is 0 Å². The maximum absolute atomic E-state index is 12.5. The number of amides is 3. The van der Waals surface area contributed by atoms with Crippen molar-refractivity contribution < 1.29 is 27.5 Å². The maximum Gasteiger partial charge on any atom is 0.325 e. The fourth-order valence-electron chi connectivity index (χ4n) is 2.81. The first-order valence-corrected chi connectivity index (χ1v) is 10.8. The molecule has 0 radical (unpaired) electrons. The van der Waals surface area contributed by atoms with Crippen molar-refractivity contribution in [1.29, 1.82) is 0 Å². The summed E-state index contributed by atoms with van der Waals surface area (Å²) in [5, 5.41) is 4.61. The summed E-state index contributed by atoms with van der Waals surface area (Å²) in [5.74, 6) is -1.63. The zero-order chi connectivity index (χ0) is 20.9. The Bertz CT molecular complexity index is 855. The molecule has 2 rings (SSSR count). The quantitative estimate of drug-likeness (QED) is 0.659. The van der Waals surface area contributed by atoms with Crippen molar-refractivity contribution in [2.45, 2.75) is 45.3 Å². The van der Waals surface area contributed by atoms with Gasteiger partial charge in [-0.1, -0.05) is 31.2 Å². The van der Waals surface area contributed by atoms with E-state index in [1.807, 2.05) is 13.0 Å². The summed E-state index contributed by atoms with van der Waals surface area (Å²) in [6.45, 7) is 3.04. The van der Waals surface area contributed by atoms with E-state index in [4.69, 9.17) is 4.74 Å². The zero-order valence-corrected chi connectivity index (χ0v) is 16.9. The van der Waals surface area contributed by atoms with Gasteiger partial charge in [-0.25, -0.2) is 13.2 Å². The Morgan fingerprint density at radius 1 is 1.25 bits per heavy atom. The number of fused-ring (bicyclic) bond motifs is 1. The van der Waals surface area contributed by atoms with Crippen LogP contribution >= 0.6 is 0 Å². The van der Waals surface area contributed by atoms with E-state index in [0.717, 1.165) is 21.7 Å². The van der Waals surface area contributed by atoms with Gasteiger partial charge in [0.15, 0.2) is 6.61 Å². The lowest BCUT2D eigenvalue weighted by atomic mass is 9.96. The van der Waals surface area contributed by atoms with Gasteiger partial charge in [0.25, 0.3) is 5.91 Å². The Kier molecular flexibility index (Phi) is 7.14. The molecule has 2 atom stereocenters.